The Bertz CT molecular complexity index is 919. The van der Waals surface area contributed by atoms with E-state index in [2.05, 4.69) is 20.8 Å². The minimum Gasteiger partial charge on any atom is -0.493 e. The summed E-state index contributed by atoms with van der Waals surface area (Å²) in [5.41, 5.74) is 0.791. The average Bonchev–Trinajstić information content (AvgIpc) is 2.68. The Morgan fingerprint density at radius 3 is 2.44 bits per heavy atom. The van der Waals surface area contributed by atoms with Gasteiger partial charge >= 0.3 is 0 Å². The van der Waals surface area contributed by atoms with Crippen molar-refractivity contribution in [1.82, 2.24) is 10.2 Å². The molecule has 8 heteroatoms. The molecule has 0 spiro atoms. The zero-order chi connectivity index (χ0) is 19.1. The number of amides is 1. The van der Waals surface area contributed by atoms with Gasteiger partial charge in [0.1, 0.15) is 0 Å². The summed E-state index contributed by atoms with van der Waals surface area (Å²) in [6, 6.07) is 17.7. The summed E-state index contributed by atoms with van der Waals surface area (Å²) in [4.78, 5) is 12.0. The molecule has 1 heterocycles. The number of carbonyl (C=O) groups is 1. The lowest BCUT2D eigenvalue weighted by Gasteiger charge is -2.10. The molecule has 0 saturated carbocycles. The lowest BCUT2D eigenvalue weighted by atomic mass is 10.3. The van der Waals surface area contributed by atoms with E-state index in [-0.39, 0.29) is 12.5 Å². The monoisotopic (exact) mass is 384 g/mol. The normalized spacial score (nSPS) is 10.1. The Balaban J connectivity index is 1.54. The van der Waals surface area contributed by atoms with Crippen LogP contribution < -0.4 is 20.1 Å². The van der Waals surface area contributed by atoms with Crippen molar-refractivity contribution >= 4 is 34.8 Å². The van der Waals surface area contributed by atoms with E-state index in [1.807, 2.05) is 18.2 Å². The second-order valence-corrected chi connectivity index (χ2v) is 5.86. The number of hydrogen-bond acceptors (Lipinski definition) is 6. The quantitative estimate of drug-likeness (QED) is 0.642. The number of ether oxygens (including phenoxy) is 2. The summed E-state index contributed by atoms with van der Waals surface area (Å²) in [6.07, 6.45) is 0. The highest BCUT2D eigenvalue weighted by Crippen LogP contribution is 2.25. The highest BCUT2D eigenvalue weighted by Gasteiger charge is 2.08. The van der Waals surface area contributed by atoms with Crippen LogP contribution >= 0.6 is 11.6 Å². The van der Waals surface area contributed by atoms with Crippen LogP contribution in [0.1, 0.15) is 0 Å². The maximum atomic E-state index is 12.0. The molecule has 7 nitrogen and oxygen atoms in total. The van der Waals surface area contributed by atoms with Crippen LogP contribution in [0.5, 0.6) is 11.5 Å². The molecular weight excluding hydrogens is 368 g/mol. The molecule has 27 heavy (non-hydrogen) atoms. The van der Waals surface area contributed by atoms with Crippen LogP contribution in [0.25, 0.3) is 0 Å². The molecule has 0 saturated heterocycles. The molecule has 0 fully saturated rings. The van der Waals surface area contributed by atoms with Crippen molar-refractivity contribution in [3.8, 4) is 11.5 Å². The molecule has 0 bridgehead atoms. The van der Waals surface area contributed by atoms with Gasteiger partial charge in [0, 0.05) is 10.7 Å². The van der Waals surface area contributed by atoms with Gasteiger partial charge in [-0.3, -0.25) is 4.79 Å². The standard InChI is InChI=1S/C19H17ClN4O3/c1-26-15-7-2-3-8-16(15)27-12-19(25)22-18-10-9-17(23-24-18)21-14-6-4-5-13(20)11-14/h2-11H,12H2,1H3,(H,21,23)(H,22,24,25). The topological polar surface area (TPSA) is 85.4 Å². The zero-order valence-corrected chi connectivity index (χ0v) is 15.2. The number of rotatable bonds is 7. The number of hydrogen-bond donors (Lipinski definition) is 2. The van der Waals surface area contributed by atoms with E-state index >= 15 is 0 Å². The fourth-order valence-corrected chi connectivity index (χ4v) is 2.43. The molecule has 0 aliphatic heterocycles. The maximum absolute atomic E-state index is 12.0. The Kier molecular flexibility index (Phi) is 6.06. The Hall–Kier alpha value is -3.32. The third-order valence-electron chi connectivity index (χ3n) is 3.46. The Morgan fingerprint density at radius 2 is 1.74 bits per heavy atom. The highest BCUT2D eigenvalue weighted by atomic mass is 35.5. The molecule has 0 aliphatic carbocycles. The van der Waals surface area contributed by atoms with Crippen LogP contribution in [0.3, 0.4) is 0 Å². The van der Waals surface area contributed by atoms with Crippen LogP contribution in [0.4, 0.5) is 17.3 Å². The summed E-state index contributed by atoms with van der Waals surface area (Å²) >= 11 is 5.94. The fraction of sp³-hybridized carbons (Fsp3) is 0.105. The molecule has 1 aromatic heterocycles. The third-order valence-corrected chi connectivity index (χ3v) is 3.69. The second-order valence-electron chi connectivity index (χ2n) is 5.43. The van der Waals surface area contributed by atoms with Crippen LogP contribution in [-0.4, -0.2) is 29.8 Å². The Labute approximate surface area is 161 Å². The molecule has 0 unspecified atom stereocenters. The van der Waals surface area contributed by atoms with Gasteiger partial charge in [0.05, 0.1) is 7.11 Å². The van der Waals surface area contributed by atoms with Gasteiger partial charge in [-0.15, -0.1) is 10.2 Å². The van der Waals surface area contributed by atoms with E-state index in [4.69, 9.17) is 21.1 Å². The van der Waals surface area contributed by atoms with Crippen molar-refractivity contribution in [2.24, 2.45) is 0 Å². The largest absolute Gasteiger partial charge is 0.493 e. The van der Waals surface area contributed by atoms with Crippen LogP contribution in [0, 0.1) is 0 Å². The number of halogens is 1. The molecule has 1 amide bonds. The SMILES string of the molecule is COc1ccccc1OCC(=O)Nc1ccc(Nc2cccc(Cl)c2)nn1. The minimum atomic E-state index is -0.356. The second kappa shape index (κ2) is 8.86. The molecule has 0 atom stereocenters. The van der Waals surface area contributed by atoms with Gasteiger partial charge in [-0.1, -0.05) is 29.8 Å². The smallest absolute Gasteiger partial charge is 0.263 e. The van der Waals surface area contributed by atoms with Crippen molar-refractivity contribution in [3.05, 3.63) is 65.7 Å². The van der Waals surface area contributed by atoms with Crippen LogP contribution in [0.2, 0.25) is 5.02 Å². The molecule has 2 N–H and O–H groups in total. The molecule has 3 rings (SSSR count). The van der Waals surface area contributed by atoms with Crippen LogP contribution in [-0.2, 0) is 4.79 Å². The molecule has 2 aromatic carbocycles. The number of anilines is 3. The summed E-state index contributed by atoms with van der Waals surface area (Å²) in [6.45, 7) is -0.176. The first-order valence-electron chi connectivity index (χ1n) is 8.06. The lowest BCUT2D eigenvalue weighted by Crippen LogP contribution is -2.21. The number of para-hydroxylation sites is 2. The summed E-state index contributed by atoms with van der Waals surface area (Å²) < 4.78 is 10.6. The number of aromatic nitrogens is 2. The number of carbonyl (C=O) groups excluding carboxylic acids is 1. The van der Waals surface area contributed by atoms with E-state index in [1.54, 1.807) is 42.5 Å². The van der Waals surface area contributed by atoms with Crippen molar-refractivity contribution in [3.63, 3.8) is 0 Å². The van der Waals surface area contributed by atoms with Crippen molar-refractivity contribution in [1.29, 1.82) is 0 Å². The fourth-order valence-electron chi connectivity index (χ4n) is 2.24. The lowest BCUT2D eigenvalue weighted by molar-refractivity contribution is -0.118. The summed E-state index contributed by atoms with van der Waals surface area (Å²) in [5, 5.41) is 14.3. The highest BCUT2D eigenvalue weighted by molar-refractivity contribution is 6.30. The summed E-state index contributed by atoms with van der Waals surface area (Å²) in [5.74, 6) is 1.54. The predicted molar refractivity (Wildman–Crippen MR) is 104 cm³/mol. The number of methoxy groups -OCH3 is 1. The van der Waals surface area contributed by atoms with Crippen molar-refractivity contribution in [2.75, 3.05) is 24.4 Å². The van der Waals surface area contributed by atoms with Gasteiger partial charge in [0.25, 0.3) is 5.91 Å². The van der Waals surface area contributed by atoms with Gasteiger partial charge in [0.15, 0.2) is 29.7 Å². The van der Waals surface area contributed by atoms with Gasteiger partial charge < -0.3 is 20.1 Å². The minimum absolute atomic E-state index is 0.176. The van der Waals surface area contributed by atoms with Gasteiger partial charge in [-0.2, -0.15) is 0 Å². The number of nitrogens with zero attached hydrogens (tertiary/aromatic N) is 2. The van der Waals surface area contributed by atoms with Crippen molar-refractivity contribution in [2.45, 2.75) is 0 Å². The number of benzene rings is 2. The van der Waals surface area contributed by atoms with E-state index in [0.29, 0.717) is 28.2 Å². The van der Waals surface area contributed by atoms with Gasteiger partial charge in [0.2, 0.25) is 0 Å². The zero-order valence-electron chi connectivity index (χ0n) is 14.5. The number of nitrogens with one attached hydrogen (secondary N) is 2. The maximum Gasteiger partial charge on any atom is 0.263 e. The van der Waals surface area contributed by atoms with E-state index in [0.717, 1.165) is 5.69 Å². The first-order valence-corrected chi connectivity index (χ1v) is 8.44. The van der Waals surface area contributed by atoms with E-state index < -0.39 is 0 Å². The van der Waals surface area contributed by atoms with Crippen molar-refractivity contribution < 1.29 is 14.3 Å². The van der Waals surface area contributed by atoms with Crippen LogP contribution in [0.15, 0.2) is 60.7 Å². The molecule has 3 aromatic rings. The molecule has 0 radical (unpaired) electrons. The Morgan fingerprint density at radius 1 is 1.00 bits per heavy atom. The van der Waals surface area contributed by atoms with Gasteiger partial charge in [-0.25, -0.2) is 0 Å². The first kappa shape index (κ1) is 18.5. The molecule has 138 valence electrons. The van der Waals surface area contributed by atoms with E-state index in [1.165, 1.54) is 7.11 Å². The average molecular weight is 385 g/mol. The predicted octanol–water partition coefficient (Wildman–Crippen LogP) is 3.90. The first-order chi connectivity index (χ1) is 13.1. The van der Waals surface area contributed by atoms with Gasteiger partial charge in [-0.05, 0) is 42.5 Å². The summed E-state index contributed by atoms with van der Waals surface area (Å²) in [7, 11) is 1.54. The molecule has 0 aliphatic rings. The van der Waals surface area contributed by atoms with E-state index in [9.17, 15) is 4.79 Å². The third kappa shape index (κ3) is 5.32. The molecular formula is C19H17ClN4O3.